The molecule has 1 heterocycles. The van der Waals surface area contributed by atoms with Crippen molar-refractivity contribution >= 4 is 51.9 Å². The lowest BCUT2D eigenvalue weighted by molar-refractivity contribution is -0.121. The second-order valence-electron chi connectivity index (χ2n) is 7.14. The van der Waals surface area contributed by atoms with E-state index in [2.05, 4.69) is 12.6 Å². The number of halogens is 1. The Hall–Kier alpha value is -2.48. The molecule has 0 bridgehead atoms. The number of rotatable bonds is 9. The summed E-state index contributed by atoms with van der Waals surface area (Å²) in [6.07, 6.45) is 3.38. The highest BCUT2D eigenvalue weighted by Crippen LogP contribution is 2.39. The summed E-state index contributed by atoms with van der Waals surface area (Å²) in [5, 5.41) is 0.378. The van der Waals surface area contributed by atoms with Gasteiger partial charge in [0, 0.05) is 6.54 Å². The molecule has 0 N–H and O–H groups in total. The van der Waals surface area contributed by atoms with Crippen molar-refractivity contribution in [1.29, 1.82) is 0 Å². The van der Waals surface area contributed by atoms with Crippen LogP contribution in [-0.4, -0.2) is 42.0 Å². The third-order valence-electron chi connectivity index (χ3n) is 4.53. The molecule has 32 heavy (non-hydrogen) atoms. The van der Waals surface area contributed by atoms with Crippen LogP contribution in [0.5, 0.6) is 17.2 Å². The van der Waals surface area contributed by atoms with Crippen LogP contribution in [0.15, 0.2) is 47.9 Å². The van der Waals surface area contributed by atoms with Gasteiger partial charge in [-0.1, -0.05) is 47.7 Å². The predicted molar refractivity (Wildman–Crippen MR) is 135 cm³/mol. The predicted octanol–water partition coefficient (Wildman–Crippen LogP) is 5.81. The summed E-state index contributed by atoms with van der Waals surface area (Å²) in [5.74, 6) is 1.54. The fraction of sp³-hybridized carbons (Fsp3) is 0.250. The SMILES string of the molecule is C=CCN1C(=O)C(=Cc2cc(Cl)c(OCCOc3cc(C)cc(C)c3)c(OC)c2)SC1=S. The topological polar surface area (TPSA) is 48.0 Å². The van der Waals surface area contributed by atoms with E-state index in [0.29, 0.717) is 51.1 Å². The zero-order valence-corrected chi connectivity index (χ0v) is 20.5. The molecule has 0 aromatic heterocycles. The highest BCUT2D eigenvalue weighted by atomic mass is 35.5. The third-order valence-corrected chi connectivity index (χ3v) is 6.19. The first-order valence-corrected chi connectivity index (χ1v) is 11.5. The fourth-order valence-corrected chi connectivity index (χ4v) is 4.77. The number of aryl methyl sites for hydroxylation is 2. The van der Waals surface area contributed by atoms with Crippen LogP contribution in [0.25, 0.3) is 6.08 Å². The van der Waals surface area contributed by atoms with E-state index < -0.39 is 0 Å². The summed E-state index contributed by atoms with van der Waals surface area (Å²) in [7, 11) is 1.54. The van der Waals surface area contributed by atoms with Gasteiger partial charge >= 0.3 is 0 Å². The number of hydrogen-bond acceptors (Lipinski definition) is 6. The highest BCUT2D eigenvalue weighted by Gasteiger charge is 2.31. The van der Waals surface area contributed by atoms with E-state index in [-0.39, 0.29) is 5.91 Å². The summed E-state index contributed by atoms with van der Waals surface area (Å²) in [6.45, 7) is 8.75. The van der Waals surface area contributed by atoms with Gasteiger partial charge in [-0.25, -0.2) is 0 Å². The molecule has 0 spiro atoms. The maximum Gasteiger partial charge on any atom is 0.266 e. The maximum atomic E-state index is 12.5. The molecule has 2 aromatic carbocycles. The molecule has 168 valence electrons. The number of thioether (sulfide) groups is 1. The van der Waals surface area contributed by atoms with Crippen molar-refractivity contribution in [3.63, 3.8) is 0 Å². The van der Waals surface area contributed by atoms with Crippen LogP contribution in [0.3, 0.4) is 0 Å². The highest BCUT2D eigenvalue weighted by molar-refractivity contribution is 8.26. The van der Waals surface area contributed by atoms with Crippen LogP contribution in [0.4, 0.5) is 0 Å². The molecule has 1 saturated heterocycles. The molecule has 0 aliphatic carbocycles. The van der Waals surface area contributed by atoms with Gasteiger partial charge in [0.05, 0.1) is 17.0 Å². The Morgan fingerprint density at radius 1 is 1.12 bits per heavy atom. The minimum Gasteiger partial charge on any atom is -0.493 e. The molecule has 0 atom stereocenters. The zero-order chi connectivity index (χ0) is 23.3. The first-order chi connectivity index (χ1) is 15.3. The normalized spacial score (nSPS) is 14.8. The van der Waals surface area contributed by atoms with E-state index in [0.717, 1.165) is 16.9 Å². The summed E-state index contributed by atoms with van der Waals surface area (Å²) in [6, 6.07) is 9.55. The molecular formula is C24H24ClNO4S2. The molecule has 5 nitrogen and oxygen atoms in total. The number of methoxy groups -OCH3 is 1. The molecule has 0 saturated carbocycles. The van der Waals surface area contributed by atoms with Gasteiger partial charge in [0.25, 0.3) is 5.91 Å². The van der Waals surface area contributed by atoms with E-state index in [1.54, 1.807) is 24.3 Å². The Morgan fingerprint density at radius 2 is 1.81 bits per heavy atom. The quantitative estimate of drug-likeness (QED) is 0.192. The number of carbonyl (C=O) groups excluding carboxylic acids is 1. The largest absolute Gasteiger partial charge is 0.493 e. The van der Waals surface area contributed by atoms with E-state index >= 15 is 0 Å². The number of ether oxygens (including phenoxy) is 3. The number of nitrogens with zero attached hydrogens (tertiary/aromatic N) is 1. The Labute approximate surface area is 203 Å². The second kappa shape index (κ2) is 10.9. The van der Waals surface area contributed by atoms with Gasteiger partial charge in [-0.05, 0) is 60.9 Å². The summed E-state index contributed by atoms with van der Waals surface area (Å²) >= 11 is 13.0. The van der Waals surface area contributed by atoms with Crippen molar-refractivity contribution < 1.29 is 19.0 Å². The molecule has 8 heteroatoms. The van der Waals surface area contributed by atoms with Crippen LogP contribution < -0.4 is 14.2 Å². The van der Waals surface area contributed by atoms with Crippen molar-refractivity contribution in [2.24, 2.45) is 0 Å². The lowest BCUT2D eigenvalue weighted by atomic mass is 10.1. The maximum absolute atomic E-state index is 12.5. The van der Waals surface area contributed by atoms with E-state index in [1.165, 1.54) is 23.8 Å². The van der Waals surface area contributed by atoms with Crippen molar-refractivity contribution in [1.82, 2.24) is 4.90 Å². The number of carbonyl (C=O) groups is 1. The monoisotopic (exact) mass is 489 g/mol. The van der Waals surface area contributed by atoms with E-state index in [1.807, 2.05) is 26.0 Å². The van der Waals surface area contributed by atoms with Crippen molar-refractivity contribution in [3.05, 3.63) is 69.6 Å². The van der Waals surface area contributed by atoms with Gasteiger partial charge < -0.3 is 14.2 Å². The minimum absolute atomic E-state index is 0.154. The molecule has 1 amide bonds. The lowest BCUT2D eigenvalue weighted by Gasteiger charge is -2.14. The third kappa shape index (κ3) is 5.85. The number of amides is 1. The minimum atomic E-state index is -0.154. The average Bonchev–Trinajstić information content (AvgIpc) is 2.99. The number of hydrogen-bond donors (Lipinski definition) is 0. The lowest BCUT2D eigenvalue weighted by Crippen LogP contribution is -2.27. The van der Waals surface area contributed by atoms with Gasteiger partial charge in [-0.15, -0.1) is 6.58 Å². The Morgan fingerprint density at radius 3 is 2.47 bits per heavy atom. The van der Waals surface area contributed by atoms with Gasteiger partial charge in [-0.2, -0.15) is 0 Å². The van der Waals surface area contributed by atoms with Crippen molar-refractivity contribution in [3.8, 4) is 17.2 Å². The van der Waals surface area contributed by atoms with Gasteiger partial charge in [0.2, 0.25) is 0 Å². The average molecular weight is 490 g/mol. The van der Waals surface area contributed by atoms with Crippen molar-refractivity contribution in [2.45, 2.75) is 13.8 Å². The first kappa shape index (κ1) is 24.2. The molecule has 1 aliphatic rings. The molecule has 0 unspecified atom stereocenters. The number of thiocarbonyl (C=S) groups is 1. The summed E-state index contributed by atoms with van der Waals surface area (Å²) in [4.78, 5) is 14.6. The standard InChI is InChI=1S/C24H24ClNO4S2/c1-5-6-26-23(27)21(32-24(26)31)14-17-12-19(25)22(20(13-17)28-4)30-8-7-29-18-10-15(2)9-16(3)11-18/h5,9-14H,1,6-8H2,2-4H3. The van der Waals surface area contributed by atoms with Gasteiger partial charge in [0.15, 0.2) is 11.5 Å². The molecule has 2 aromatic rings. The van der Waals surface area contributed by atoms with Crippen LogP contribution >= 0.6 is 35.6 Å². The van der Waals surface area contributed by atoms with Crippen LogP contribution in [0.1, 0.15) is 16.7 Å². The van der Waals surface area contributed by atoms with Gasteiger partial charge in [-0.3, -0.25) is 9.69 Å². The summed E-state index contributed by atoms with van der Waals surface area (Å²) in [5.41, 5.74) is 3.00. The Kier molecular flexibility index (Phi) is 8.23. The molecule has 0 radical (unpaired) electrons. The smallest absolute Gasteiger partial charge is 0.266 e. The first-order valence-electron chi connectivity index (χ1n) is 9.90. The van der Waals surface area contributed by atoms with Crippen LogP contribution in [0, 0.1) is 13.8 Å². The molecule has 1 aliphatic heterocycles. The van der Waals surface area contributed by atoms with Crippen LogP contribution in [-0.2, 0) is 4.79 Å². The Balaban J connectivity index is 1.69. The van der Waals surface area contributed by atoms with Crippen LogP contribution in [0.2, 0.25) is 5.02 Å². The Bertz CT molecular complexity index is 1060. The molecular weight excluding hydrogens is 466 g/mol. The van der Waals surface area contributed by atoms with Gasteiger partial charge in [0.1, 0.15) is 23.3 Å². The molecule has 1 fully saturated rings. The fourth-order valence-electron chi connectivity index (χ4n) is 3.22. The zero-order valence-electron chi connectivity index (χ0n) is 18.1. The van der Waals surface area contributed by atoms with E-state index in [9.17, 15) is 4.79 Å². The van der Waals surface area contributed by atoms with E-state index in [4.69, 9.17) is 38.0 Å². The summed E-state index contributed by atoms with van der Waals surface area (Å²) < 4.78 is 17.6. The molecule has 3 rings (SSSR count). The number of benzene rings is 2. The second-order valence-corrected chi connectivity index (χ2v) is 9.22. The van der Waals surface area contributed by atoms with Crippen molar-refractivity contribution in [2.75, 3.05) is 26.9 Å².